The number of nitrogens with zero attached hydrogens (tertiary/aromatic N) is 2. The molecule has 1 atom stereocenters. The van der Waals surface area contributed by atoms with Gasteiger partial charge in [0.1, 0.15) is 0 Å². The average Bonchev–Trinajstić information content (AvgIpc) is 3.04. The molecule has 0 aromatic heterocycles. The number of hydrogen-bond donors (Lipinski definition) is 1. The second-order valence-corrected chi connectivity index (χ2v) is 6.38. The topological polar surface area (TPSA) is 49.6 Å². The number of carbonyl (C=O) groups is 1. The third-order valence-electron chi connectivity index (χ3n) is 4.71. The minimum Gasteiger partial charge on any atom is -0.362 e. The summed E-state index contributed by atoms with van der Waals surface area (Å²) in [4.78, 5) is 16.6. The largest absolute Gasteiger partial charge is 0.362 e. The summed E-state index contributed by atoms with van der Waals surface area (Å²) in [7, 11) is 0. The van der Waals surface area contributed by atoms with Gasteiger partial charge in [-0.2, -0.15) is 0 Å². The summed E-state index contributed by atoms with van der Waals surface area (Å²) in [5.41, 5.74) is 8.50. The van der Waals surface area contributed by atoms with Gasteiger partial charge < -0.3 is 15.5 Å². The van der Waals surface area contributed by atoms with Crippen molar-refractivity contribution in [3.63, 3.8) is 0 Å². The van der Waals surface area contributed by atoms with Gasteiger partial charge in [-0.3, -0.25) is 4.79 Å². The SMILES string of the molecule is CC1(CN)CCN(C(=O)CN2CCc3ccccc32)C1.Cl.Cl. The molecule has 1 aromatic carbocycles. The van der Waals surface area contributed by atoms with Gasteiger partial charge in [0, 0.05) is 25.3 Å². The van der Waals surface area contributed by atoms with Crippen LogP contribution in [-0.4, -0.2) is 43.5 Å². The highest BCUT2D eigenvalue weighted by molar-refractivity contribution is 5.85. The summed E-state index contributed by atoms with van der Waals surface area (Å²) in [6.07, 6.45) is 2.07. The van der Waals surface area contributed by atoms with Gasteiger partial charge in [-0.15, -0.1) is 24.8 Å². The predicted octanol–water partition coefficient (Wildman–Crippen LogP) is 2.09. The van der Waals surface area contributed by atoms with Crippen molar-refractivity contribution < 1.29 is 4.79 Å². The summed E-state index contributed by atoms with van der Waals surface area (Å²) in [6.45, 7) is 5.93. The van der Waals surface area contributed by atoms with Gasteiger partial charge in [0.15, 0.2) is 0 Å². The molecule has 1 saturated heterocycles. The van der Waals surface area contributed by atoms with Crippen LogP contribution in [0.1, 0.15) is 18.9 Å². The molecule has 2 heterocycles. The van der Waals surface area contributed by atoms with Crippen LogP contribution in [0.5, 0.6) is 0 Å². The fraction of sp³-hybridized carbons (Fsp3) is 0.562. The zero-order valence-electron chi connectivity index (χ0n) is 13.0. The number of fused-ring (bicyclic) bond motifs is 1. The Morgan fingerprint density at radius 2 is 2.00 bits per heavy atom. The summed E-state index contributed by atoms with van der Waals surface area (Å²) in [6, 6.07) is 8.38. The molecule has 0 radical (unpaired) electrons. The first-order valence-electron chi connectivity index (χ1n) is 7.42. The van der Waals surface area contributed by atoms with Crippen molar-refractivity contribution in [1.29, 1.82) is 0 Å². The number of likely N-dealkylation sites (tertiary alicyclic amines) is 1. The second-order valence-electron chi connectivity index (χ2n) is 6.38. The van der Waals surface area contributed by atoms with E-state index in [0.29, 0.717) is 13.1 Å². The molecule has 4 nitrogen and oxygen atoms in total. The Bertz CT molecular complexity index is 526. The molecule has 1 unspecified atom stereocenters. The maximum absolute atomic E-state index is 12.5. The summed E-state index contributed by atoms with van der Waals surface area (Å²) in [5, 5.41) is 0. The molecule has 0 spiro atoms. The zero-order chi connectivity index (χ0) is 14.2. The lowest BCUT2D eigenvalue weighted by atomic mass is 9.90. The van der Waals surface area contributed by atoms with Crippen LogP contribution < -0.4 is 10.6 Å². The van der Waals surface area contributed by atoms with Crippen molar-refractivity contribution in [3.8, 4) is 0 Å². The van der Waals surface area contributed by atoms with Crippen molar-refractivity contribution in [2.45, 2.75) is 19.8 Å². The maximum Gasteiger partial charge on any atom is 0.242 e. The number of benzene rings is 1. The molecule has 1 fully saturated rings. The van der Waals surface area contributed by atoms with Crippen LogP contribution in [0, 0.1) is 5.41 Å². The monoisotopic (exact) mass is 345 g/mol. The fourth-order valence-electron chi connectivity index (χ4n) is 3.24. The van der Waals surface area contributed by atoms with Gasteiger partial charge in [-0.25, -0.2) is 0 Å². The Labute approximate surface area is 144 Å². The summed E-state index contributed by atoms with van der Waals surface area (Å²) < 4.78 is 0. The van der Waals surface area contributed by atoms with E-state index in [1.165, 1.54) is 11.3 Å². The van der Waals surface area contributed by atoms with E-state index < -0.39 is 0 Å². The first-order chi connectivity index (χ1) is 9.61. The van der Waals surface area contributed by atoms with Crippen molar-refractivity contribution >= 4 is 36.4 Å². The third kappa shape index (κ3) is 3.67. The minimum atomic E-state index is 0. The Morgan fingerprint density at radius 1 is 1.27 bits per heavy atom. The Morgan fingerprint density at radius 3 is 2.68 bits per heavy atom. The molecule has 124 valence electrons. The first-order valence-corrected chi connectivity index (χ1v) is 7.42. The highest BCUT2D eigenvalue weighted by atomic mass is 35.5. The van der Waals surface area contributed by atoms with E-state index >= 15 is 0 Å². The number of rotatable bonds is 3. The van der Waals surface area contributed by atoms with Crippen LogP contribution in [0.15, 0.2) is 24.3 Å². The standard InChI is InChI=1S/C16H23N3O.2ClH/c1-16(11-17)7-9-19(12-16)15(20)10-18-8-6-13-4-2-3-5-14(13)18;;/h2-5H,6-12,17H2,1H3;2*1H. The van der Waals surface area contributed by atoms with Crippen molar-refractivity contribution in [2.75, 3.05) is 37.6 Å². The number of nitrogens with two attached hydrogens (primary N) is 1. The van der Waals surface area contributed by atoms with Gasteiger partial charge >= 0.3 is 0 Å². The van der Waals surface area contributed by atoms with Crippen LogP contribution in [0.4, 0.5) is 5.69 Å². The number of halogens is 2. The Kier molecular flexibility index (Phi) is 6.53. The highest BCUT2D eigenvalue weighted by Gasteiger charge is 2.35. The minimum absolute atomic E-state index is 0. The average molecular weight is 346 g/mol. The maximum atomic E-state index is 12.5. The van der Waals surface area contributed by atoms with Gasteiger partial charge in [-0.1, -0.05) is 25.1 Å². The van der Waals surface area contributed by atoms with Crippen LogP contribution >= 0.6 is 24.8 Å². The third-order valence-corrected chi connectivity index (χ3v) is 4.71. The van der Waals surface area contributed by atoms with Gasteiger partial charge in [-0.05, 0) is 36.4 Å². The number of carbonyl (C=O) groups excluding carboxylic acids is 1. The van der Waals surface area contributed by atoms with E-state index in [1.54, 1.807) is 0 Å². The highest BCUT2D eigenvalue weighted by Crippen LogP contribution is 2.30. The lowest BCUT2D eigenvalue weighted by molar-refractivity contribution is -0.129. The molecule has 0 bridgehead atoms. The molecule has 2 aliphatic heterocycles. The van der Waals surface area contributed by atoms with E-state index in [-0.39, 0.29) is 36.1 Å². The van der Waals surface area contributed by atoms with Crippen LogP contribution in [0.25, 0.3) is 0 Å². The Hall–Kier alpha value is -0.970. The van der Waals surface area contributed by atoms with Gasteiger partial charge in [0.2, 0.25) is 5.91 Å². The van der Waals surface area contributed by atoms with E-state index in [0.717, 1.165) is 32.5 Å². The summed E-state index contributed by atoms with van der Waals surface area (Å²) >= 11 is 0. The molecule has 0 saturated carbocycles. The molecule has 6 heteroatoms. The van der Waals surface area contributed by atoms with Crippen molar-refractivity contribution in [3.05, 3.63) is 29.8 Å². The Balaban J connectivity index is 0.00000121. The lowest BCUT2D eigenvalue weighted by Crippen LogP contribution is -2.40. The summed E-state index contributed by atoms with van der Waals surface area (Å²) in [5.74, 6) is 0.235. The van der Waals surface area contributed by atoms with Crippen molar-refractivity contribution in [1.82, 2.24) is 4.90 Å². The van der Waals surface area contributed by atoms with E-state index in [1.807, 2.05) is 11.0 Å². The molecule has 22 heavy (non-hydrogen) atoms. The van der Waals surface area contributed by atoms with Gasteiger partial charge in [0.05, 0.1) is 6.54 Å². The second kappa shape index (κ2) is 7.53. The van der Waals surface area contributed by atoms with E-state index in [4.69, 9.17) is 5.73 Å². The van der Waals surface area contributed by atoms with E-state index in [2.05, 4.69) is 30.0 Å². The smallest absolute Gasteiger partial charge is 0.242 e. The van der Waals surface area contributed by atoms with Crippen molar-refractivity contribution in [2.24, 2.45) is 11.1 Å². The number of amides is 1. The zero-order valence-corrected chi connectivity index (χ0v) is 14.6. The quantitative estimate of drug-likeness (QED) is 0.912. The molecule has 1 amide bonds. The number of para-hydroxylation sites is 1. The number of anilines is 1. The van der Waals surface area contributed by atoms with Crippen LogP contribution in [-0.2, 0) is 11.2 Å². The van der Waals surface area contributed by atoms with Crippen LogP contribution in [0.3, 0.4) is 0 Å². The molecule has 2 N–H and O–H groups in total. The molecule has 3 rings (SSSR count). The predicted molar refractivity (Wildman–Crippen MR) is 95.2 cm³/mol. The normalized spacial score (nSPS) is 22.8. The van der Waals surface area contributed by atoms with E-state index in [9.17, 15) is 4.79 Å². The molecular weight excluding hydrogens is 321 g/mol. The first kappa shape index (κ1) is 19.1. The van der Waals surface area contributed by atoms with Crippen LogP contribution in [0.2, 0.25) is 0 Å². The molecule has 1 aromatic rings. The number of hydrogen-bond acceptors (Lipinski definition) is 3. The molecule has 2 aliphatic rings. The molecule has 0 aliphatic carbocycles. The van der Waals surface area contributed by atoms with Gasteiger partial charge in [0.25, 0.3) is 0 Å². The molecular formula is C16H25Cl2N3O. The lowest BCUT2D eigenvalue weighted by Gasteiger charge is -2.25. The fourth-order valence-corrected chi connectivity index (χ4v) is 3.24.